The number of benzene rings is 1. The molecule has 0 bridgehead atoms. The molecule has 1 aliphatic rings. The Kier molecular flexibility index (Phi) is 2.92. The van der Waals surface area contributed by atoms with Gasteiger partial charge in [-0.05, 0) is 55.4 Å². The molecule has 3 heteroatoms. The first kappa shape index (κ1) is 11.5. The van der Waals surface area contributed by atoms with E-state index in [-0.39, 0.29) is 6.10 Å². The molecule has 1 aromatic heterocycles. The molecule has 1 heterocycles. The SMILES string of the molecule is Nc1c(C2CCC(O)CC2)ccc2ncccc12. The molecule has 94 valence electrons. The number of anilines is 1. The number of nitrogens with zero attached hydrogens (tertiary/aromatic N) is 1. The Hall–Kier alpha value is -1.61. The maximum absolute atomic E-state index is 9.57. The van der Waals surface area contributed by atoms with E-state index in [9.17, 15) is 5.11 Å². The Morgan fingerprint density at radius 2 is 1.89 bits per heavy atom. The molecule has 1 aliphatic carbocycles. The van der Waals surface area contributed by atoms with Gasteiger partial charge in [-0.3, -0.25) is 4.98 Å². The average Bonchev–Trinajstić information content (AvgIpc) is 2.41. The zero-order chi connectivity index (χ0) is 12.5. The third kappa shape index (κ3) is 1.95. The first-order valence-electron chi connectivity index (χ1n) is 6.57. The molecule has 0 aliphatic heterocycles. The molecule has 2 aromatic rings. The first-order valence-corrected chi connectivity index (χ1v) is 6.57. The lowest BCUT2D eigenvalue weighted by Gasteiger charge is -2.27. The number of fused-ring (bicyclic) bond motifs is 1. The fraction of sp³-hybridized carbons (Fsp3) is 0.400. The van der Waals surface area contributed by atoms with Crippen molar-refractivity contribution in [1.29, 1.82) is 0 Å². The number of pyridine rings is 1. The predicted octanol–water partition coefficient (Wildman–Crippen LogP) is 2.84. The van der Waals surface area contributed by atoms with Crippen LogP contribution in [-0.4, -0.2) is 16.2 Å². The molecular weight excluding hydrogens is 224 g/mol. The molecule has 0 spiro atoms. The van der Waals surface area contributed by atoms with E-state index in [0.717, 1.165) is 42.3 Å². The fourth-order valence-electron chi connectivity index (χ4n) is 2.93. The highest BCUT2D eigenvalue weighted by molar-refractivity contribution is 5.92. The summed E-state index contributed by atoms with van der Waals surface area (Å²) in [6, 6.07) is 8.10. The second-order valence-electron chi connectivity index (χ2n) is 5.14. The van der Waals surface area contributed by atoms with E-state index in [4.69, 9.17) is 5.73 Å². The van der Waals surface area contributed by atoms with Crippen LogP contribution in [0, 0.1) is 0 Å². The zero-order valence-corrected chi connectivity index (χ0v) is 10.3. The minimum absolute atomic E-state index is 0.121. The number of rotatable bonds is 1. The molecule has 18 heavy (non-hydrogen) atoms. The summed E-state index contributed by atoms with van der Waals surface area (Å²) in [5, 5.41) is 10.6. The lowest BCUT2D eigenvalue weighted by atomic mass is 9.81. The Balaban J connectivity index is 1.99. The van der Waals surface area contributed by atoms with Gasteiger partial charge in [0.05, 0.1) is 11.6 Å². The highest BCUT2D eigenvalue weighted by atomic mass is 16.3. The summed E-state index contributed by atoms with van der Waals surface area (Å²) in [4.78, 5) is 4.32. The van der Waals surface area contributed by atoms with Crippen molar-refractivity contribution < 1.29 is 5.11 Å². The fourth-order valence-corrected chi connectivity index (χ4v) is 2.93. The second-order valence-corrected chi connectivity index (χ2v) is 5.14. The molecule has 0 atom stereocenters. The van der Waals surface area contributed by atoms with E-state index in [1.54, 1.807) is 6.20 Å². The van der Waals surface area contributed by atoms with Crippen LogP contribution in [0.15, 0.2) is 30.5 Å². The smallest absolute Gasteiger partial charge is 0.0722 e. The van der Waals surface area contributed by atoms with Crippen molar-refractivity contribution in [2.75, 3.05) is 5.73 Å². The van der Waals surface area contributed by atoms with E-state index in [0.29, 0.717) is 5.92 Å². The summed E-state index contributed by atoms with van der Waals surface area (Å²) in [5.41, 5.74) is 9.32. The topological polar surface area (TPSA) is 59.1 Å². The van der Waals surface area contributed by atoms with Crippen LogP contribution >= 0.6 is 0 Å². The van der Waals surface area contributed by atoms with Crippen molar-refractivity contribution in [3.05, 3.63) is 36.0 Å². The number of nitrogens with two attached hydrogens (primary N) is 1. The third-order valence-corrected chi connectivity index (χ3v) is 4.00. The number of hydrogen-bond acceptors (Lipinski definition) is 3. The number of aliphatic hydroxyl groups is 1. The second kappa shape index (κ2) is 4.58. The average molecular weight is 242 g/mol. The molecule has 1 aromatic carbocycles. The third-order valence-electron chi connectivity index (χ3n) is 4.00. The Bertz CT molecular complexity index is 559. The molecule has 0 saturated heterocycles. The number of aromatic nitrogens is 1. The van der Waals surface area contributed by atoms with Crippen LogP contribution in [0.4, 0.5) is 5.69 Å². The maximum atomic E-state index is 9.57. The largest absolute Gasteiger partial charge is 0.398 e. The maximum Gasteiger partial charge on any atom is 0.0722 e. The van der Waals surface area contributed by atoms with Gasteiger partial charge in [0.1, 0.15) is 0 Å². The van der Waals surface area contributed by atoms with Crippen molar-refractivity contribution in [1.82, 2.24) is 4.98 Å². The number of hydrogen-bond donors (Lipinski definition) is 2. The molecule has 3 nitrogen and oxygen atoms in total. The molecule has 0 radical (unpaired) electrons. The van der Waals surface area contributed by atoms with E-state index < -0.39 is 0 Å². The Labute approximate surface area is 107 Å². The van der Waals surface area contributed by atoms with Crippen LogP contribution < -0.4 is 5.73 Å². The van der Waals surface area contributed by atoms with Crippen molar-refractivity contribution in [2.45, 2.75) is 37.7 Å². The lowest BCUT2D eigenvalue weighted by Crippen LogP contribution is -2.17. The van der Waals surface area contributed by atoms with Gasteiger partial charge in [0.2, 0.25) is 0 Å². The van der Waals surface area contributed by atoms with Gasteiger partial charge in [-0.1, -0.05) is 6.07 Å². The lowest BCUT2D eigenvalue weighted by molar-refractivity contribution is 0.122. The first-order chi connectivity index (χ1) is 8.75. The van der Waals surface area contributed by atoms with Crippen LogP contribution in [0.25, 0.3) is 10.9 Å². The molecular formula is C15H18N2O. The van der Waals surface area contributed by atoms with Gasteiger partial charge in [0, 0.05) is 17.3 Å². The van der Waals surface area contributed by atoms with E-state index in [1.165, 1.54) is 5.56 Å². The van der Waals surface area contributed by atoms with Crippen LogP contribution in [-0.2, 0) is 0 Å². The standard InChI is InChI=1S/C15H18N2O/c16-15-12(10-3-5-11(18)6-4-10)7-8-14-13(15)2-1-9-17-14/h1-2,7-11,18H,3-6,16H2. The molecule has 1 saturated carbocycles. The van der Waals surface area contributed by atoms with Crippen LogP contribution in [0.2, 0.25) is 0 Å². The molecule has 0 unspecified atom stereocenters. The summed E-state index contributed by atoms with van der Waals surface area (Å²) in [6.07, 6.45) is 5.49. The van der Waals surface area contributed by atoms with Crippen LogP contribution in [0.1, 0.15) is 37.2 Å². The van der Waals surface area contributed by atoms with E-state index >= 15 is 0 Å². The summed E-state index contributed by atoms with van der Waals surface area (Å²) in [5.74, 6) is 0.484. The van der Waals surface area contributed by atoms with Gasteiger partial charge in [-0.15, -0.1) is 0 Å². The number of nitrogen functional groups attached to an aromatic ring is 1. The summed E-state index contributed by atoms with van der Waals surface area (Å²) >= 11 is 0. The molecule has 0 amide bonds. The zero-order valence-electron chi connectivity index (χ0n) is 10.3. The highest BCUT2D eigenvalue weighted by Crippen LogP contribution is 2.37. The number of aliphatic hydroxyl groups excluding tert-OH is 1. The van der Waals surface area contributed by atoms with Gasteiger partial charge in [0.25, 0.3) is 0 Å². The normalized spacial score (nSPS) is 24.3. The molecule has 3 rings (SSSR count). The quantitative estimate of drug-likeness (QED) is 0.756. The summed E-state index contributed by atoms with van der Waals surface area (Å²) in [7, 11) is 0. The molecule has 3 N–H and O–H groups in total. The van der Waals surface area contributed by atoms with Gasteiger partial charge in [-0.2, -0.15) is 0 Å². The minimum atomic E-state index is -0.121. The van der Waals surface area contributed by atoms with E-state index in [1.807, 2.05) is 18.2 Å². The van der Waals surface area contributed by atoms with Crippen LogP contribution in [0.3, 0.4) is 0 Å². The van der Waals surface area contributed by atoms with Gasteiger partial charge < -0.3 is 10.8 Å². The predicted molar refractivity (Wildman–Crippen MR) is 73.4 cm³/mol. The van der Waals surface area contributed by atoms with Crippen molar-refractivity contribution in [3.63, 3.8) is 0 Å². The molecule has 1 fully saturated rings. The Morgan fingerprint density at radius 1 is 1.11 bits per heavy atom. The van der Waals surface area contributed by atoms with E-state index in [2.05, 4.69) is 11.1 Å². The Morgan fingerprint density at radius 3 is 2.67 bits per heavy atom. The minimum Gasteiger partial charge on any atom is -0.398 e. The monoisotopic (exact) mass is 242 g/mol. The van der Waals surface area contributed by atoms with Crippen molar-refractivity contribution in [2.24, 2.45) is 0 Å². The summed E-state index contributed by atoms with van der Waals surface area (Å²) < 4.78 is 0. The van der Waals surface area contributed by atoms with Gasteiger partial charge in [0.15, 0.2) is 0 Å². The van der Waals surface area contributed by atoms with Crippen molar-refractivity contribution in [3.8, 4) is 0 Å². The van der Waals surface area contributed by atoms with Gasteiger partial charge >= 0.3 is 0 Å². The van der Waals surface area contributed by atoms with Crippen LogP contribution in [0.5, 0.6) is 0 Å². The van der Waals surface area contributed by atoms with Gasteiger partial charge in [-0.25, -0.2) is 0 Å². The highest BCUT2D eigenvalue weighted by Gasteiger charge is 2.22. The summed E-state index contributed by atoms with van der Waals surface area (Å²) in [6.45, 7) is 0. The van der Waals surface area contributed by atoms with Crippen molar-refractivity contribution >= 4 is 16.6 Å².